The van der Waals surface area contributed by atoms with Crippen molar-refractivity contribution in [3.05, 3.63) is 94.0 Å². The number of alkyl halides is 3. The number of rotatable bonds is 10. The van der Waals surface area contributed by atoms with Crippen molar-refractivity contribution in [3.8, 4) is 11.5 Å². The van der Waals surface area contributed by atoms with E-state index in [1.54, 1.807) is 44.5 Å². The maximum atomic E-state index is 12.9. The fourth-order valence-electron chi connectivity index (χ4n) is 3.91. The molecule has 0 aromatic heterocycles. The summed E-state index contributed by atoms with van der Waals surface area (Å²) in [5, 5.41) is 6.65. The summed E-state index contributed by atoms with van der Waals surface area (Å²) in [6, 6.07) is 16.5. The molecular formula is C27H28ClF3N2O3. The van der Waals surface area contributed by atoms with Crippen LogP contribution in [0.3, 0.4) is 0 Å². The lowest BCUT2D eigenvalue weighted by Crippen LogP contribution is -2.38. The van der Waals surface area contributed by atoms with E-state index < -0.39 is 17.8 Å². The molecule has 0 bridgehead atoms. The molecule has 0 spiro atoms. The Bertz CT molecular complexity index is 1150. The second-order valence-electron chi connectivity index (χ2n) is 8.17. The molecule has 0 aliphatic rings. The third kappa shape index (κ3) is 6.92. The van der Waals surface area contributed by atoms with E-state index in [0.717, 1.165) is 28.8 Å². The Balaban J connectivity index is 1.93. The number of benzene rings is 3. The van der Waals surface area contributed by atoms with Crippen LogP contribution in [0.1, 0.15) is 40.8 Å². The van der Waals surface area contributed by atoms with E-state index in [1.807, 2.05) is 12.1 Å². The minimum atomic E-state index is -4.39. The van der Waals surface area contributed by atoms with E-state index in [9.17, 15) is 18.0 Å². The van der Waals surface area contributed by atoms with Crippen molar-refractivity contribution in [2.24, 2.45) is 0 Å². The third-order valence-electron chi connectivity index (χ3n) is 5.89. The lowest BCUT2D eigenvalue weighted by atomic mass is 9.95. The Morgan fingerprint density at radius 2 is 1.53 bits per heavy atom. The van der Waals surface area contributed by atoms with Crippen LogP contribution in [0.5, 0.6) is 11.5 Å². The molecule has 0 heterocycles. The minimum Gasteiger partial charge on any atom is -0.493 e. The molecule has 3 aromatic carbocycles. The van der Waals surface area contributed by atoms with E-state index >= 15 is 0 Å². The first-order valence-electron chi connectivity index (χ1n) is 11.3. The molecule has 0 fully saturated rings. The number of nitrogens with one attached hydrogen (secondary N) is 2. The van der Waals surface area contributed by atoms with Gasteiger partial charge in [-0.25, -0.2) is 0 Å². The highest BCUT2D eigenvalue weighted by molar-refractivity contribution is 6.30. The molecule has 36 heavy (non-hydrogen) atoms. The maximum absolute atomic E-state index is 12.9. The summed E-state index contributed by atoms with van der Waals surface area (Å²) in [6.45, 7) is 0. The zero-order chi connectivity index (χ0) is 26.3. The summed E-state index contributed by atoms with van der Waals surface area (Å²) in [5.41, 5.74) is 1.61. The van der Waals surface area contributed by atoms with Crippen molar-refractivity contribution >= 4 is 17.5 Å². The quantitative estimate of drug-likeness (QED) is 0.338. The normalized spacial score (nSPS) is 13.1. The van der Waals surface area contributed by atoms with Gasteiger partial charge in [0, 0.05) is 18.1 Å². The maximum Gasteiger partial charge on any atom is 0.416 e. The van der Waals surface area contributed by atoms with Crippen LogP contribution in [0.15, 0.2) is 66.7 Å². The number of ether oxygens (including phenoxy) is 2. The number of likely N-dealkylation sites (N-methyl/N-ethyl adjacent to an activating group) is 1. The van der Waals surface area contributed by atoms with Crippen molar-refractivity contribution < 1.29 is 27.4 Å². The first-order chi connectivity index (χ1) is 17.2. The van der Waals surface area contributed by atoms with Gasteiger partial charge in [0.25, 0.3) is 0 Å². The van der Waals surface area contributed by atoms with Crippen LogP contribution >= 0.6 is 11.6 Å². The second-order valence-corrected chi connectivity index (χ2v) is 8.60. The lowest BCUT2D eigenvalue weighted by molar-refractivity contribution is -0.137. The van der Waals surface area contributed by atoms with Gasteiger partial charge in [-0.2, -0.15) is 13.2 Å². The Hall–Kier alpha value is -3.23. The monoisotopic (exact) mass is 520 g/mol. The molecule has 9 heteroatoms. The van der Waals surface area contributed by atoms with Gasteiger partial charge in [0.05, 0.1) is 19.8 Å². The number of amides is 1. The molecule has 3 rings (SSSR count). The predicted octanol–water partition coefficient (Wildman–Crippen LogP) is 6.13. The van der Waals surface area contributed by atoms with E-state index in [-0.39, 0.29) is 11.9 Å². The zero-order valence-corrected chi connectivity index (χ0v) is 20.9. The smallest absolute Gasteiger partial charge is 0.416 e. The Kier molecular flexibility index (Phi) is 9.23. The van der Waals surface area contributed by atoms with Gasteiger partial charge in [0.2, 0.25) is 5.91 Å². The number of methoxy groups -OCH3 is 2. The SMILES string of the molecule is CNC(=O)[C@H](N[C@@H](CCc1ccc(C(F)(F)F)cc1)c1ccc(OC)c(OC)c1)c1ccc(Cl)cc1. The van der Waals surface area contributed by atoms with Crippen molar-refractivity contribution in [2.75, 3.05) is 21.3 Å². The molecule has 0 radical (unpaired) electrons. The van der Waals surface area contributed by atoms with Gasteiger partial charge in [0.1, 0.15) is 6.04 Å². The molecule has 0 aliphatic heterocycles. The summed E-state index contributed by atoms with van der Waals surface area (Å²) in [4.78, 5) is 12.8. The molecule has 192 valence electrons. The van der Waals surface area contributed by atoms with Crippen molar-refractivity contribution in [1.82, 2.24) is 10.6 Å². The molecule has 2 N–H and O–H groups in total. The standard InChI is InChI=1S/C27H28ClF3N2O3/c1-32-26(34)25(18-7-12-21(28)13-8-18)33-22(19-9-15-23(35-2)24(16-19)36-3)14-6-17-4-10-20(11-5-17)27(29,30)31/h4-5,7-13,15-16,22,25,33H,6,14H2,1-3H3,(H,32,34)/t22-,25+/m0/s1. The molecule has 3 aromatic rings. The van der Waals surface area contributed by atoms with Gasteiger partial charge in [-0.1, -0.05) is 41.9 Å². The fourth-order valence-corrected chi connectivity index (χ4v) is 4.04. The Labute approximate surface area is 213 Å². The number of carbonyl (C=O) groups excluding carboxylic acids is 1. The highest BCUT2D eigenvalue weighted by Crippen LogP contribution is 2.33. The number of aryl methyl sites for hydroxylation is 1. The lowest BCUT2D eigenvalue weighted by Gasteiger charge is -2.26. The first-order valence-corrected chi connectivity index (χ1v) is 11.6. The van der Waals surface area contributed by atoms with Gasteiger partial charge in [0.15, 0.2) is 11.5 Å². The minimum absolute atomic E-state index is 0.239. The molecule has 0 saturated carbocycles. The van der Waals surface area contributed by atoms with E-state index in [2.05, 4.69) is 10.6 Å². The van der Waals surface area contributed by atoms with E-state index in [1.165, 1.54) is 19.2 Å². The van der Waals surface area contributed by atoms with Crippen molar-refractivity contribution in [2.45, 2.75) is 31.1 Å². The average molecular weight is 521 g/mol. The van der Waals surface area contributed by atoms with Gasteiger partial charge in [-0.05, 0) is 65.9 Å². The second kappa shape index (κ2) is 12.1. The molecular weight excluding hydrogens is 493 g/mol. The molecule has 0 unspecified atom stereocenters. The summed E-state index contributed by atoms with van der Waals surface area (Å²) in [7, 11) is 4.63. The van der Waals surface area contributed by atoms with Crippen LogP contribution in [-0.2, 0) is 17.4 Å². The summed E-state index contributed by atoms with van der Waals surface area (Å²) >= 11 is 6.03. The van der Waals surface area contributed by atoms with Gasteiger partial charge >= 0.3 is 6.18 Å². The third-order valence-corrected chi connectivity index (χ3v) is 6.14. The van der Waals surface area contributed by atoms with Crippen LogP contribution in [0.4, 0.5) is 13.2 Å². The highest BCUT2D eigenvalue weighted by atomic mass is 35.5. The van der Waals surface area contributed by atoms with E-state index in [0.29, 0.717) is 29.4 Å². The first kappa shape index (κ1) is 27.4. The molecule has 1 amide bonds. The van der Waals surface area contributed by atoms with Gasteiger partial charge < -0.3 is 14.8 Å². The summed E-state index contributed by atoms with van der Waals surface area (Å²) in [5.74, 6) is 0.847. The van der Waals surface area contributed by atoms with E-state index in [4.69, 9.17) is 21.1 Å². The number of halogens is 4. The van der Waals surface area contributed by atoms with Crippen LogP contribution in [-0.4, -0.2) is 27.2 Å². The Morgan fingerprint density at radius 1 is 0.917 bits per heavy atom. The van der Waals surface area contributed by atoms with Crippen molar-refractivity contribution in [3.63, 3.8) is 0 Å². The zero-order valence-electron chi connectivity index (χ0n) is 20.2. The van der Waals surface area contributed by atoms with Gasteiger partial charge in [-0.3, -0.25) is 10.1 Å². The van der Waals surface area contributed by atoms with Crippen LogP contribution in [0.2, 0.25) is 5.02 Å². The van der Waals surface area contributed by atoms with Gasteiger partial charge in [-0.15, -0.1) is 0 Å². The summed E-state index contributed by atoms with van der Waals surface area (Å²) < 4.78 is 49.6. The molecule has 0 saturated heterocycles. The largest absolute Gasteiger partial charge is 0.493 e. The number of carbonyl (C=O) groups is 1. The predicted molar refractivity (Wildman–Crippen MR) is 133 cm³/mol. The highest BCUT2D eigenvalue weighted by Gasteiger charge is 2.30. The fraction of sp³-hybridized carbons (Fsp3) is 0.296. The number of hydrogen-bond donors (Lipinski definition) is 2. The molecule has 5 nitrogen and oxygen atoms in total. The Morgan fingerprint density at radius 3 is 2.08 bits per heavy atom. The molecule has 0 aliphatic carbocycles. The topological polar surface area (TPSA) is 59.6 Å². The van der Waals surface area contributed by atoms with Crippen LogP contribution < -0.4 is 20.1 Å². The molecule has 2 atom stereocenters. The number of hydrogen-bond acceptors (Lipinski definition) is 4. The van der Waals surface area contributed by atoms with Crippen molar-refractivity contribution in [1.29, 1.82) is 0 Å². The van der Waals surface area contributed by atoms with Crippen LogP contribution in [0, 0.1) is 0 Å². The van der Waals surface area contributed by atoms with Crippen LogP contribution in [0.25, 0.3) is 0 Å². The summed E-state index contributed by atoms with van der Waals surface area (Å²) in [6.07, 6.45) is -3.41. The average Bonchev–Trinajstić information content (AvgIpc) is 2.88.